The molecule has 0 unspecified atom stereocenters. The predicted molar refractivity (Wildman–Crippen MR) is 119 cm³/mol. The number of carbonyl (C=O) groups is 1. The van der Waals surface area contributed by atoms with Crippen LogP contribution in [0.1, 0.15) is 56.1 Å². The molecule has 1 saturated carbocycles. The van der Waals surface area contributed by atoms with Gasteiger partial charge in [-0.3, -0.25) is 9.36 Å². The first-order valence-electron chi connectivity index (χ1n) is 10.6. The second-order valence-corrected chi connectivity index (χ2v) is 8.78. The first-order chi connectivity index (χ1) is 14.7. The molecule has 2 aromatic carbocycles. The summed E-state index contributed by atoms with van der Waals surface area (Å²) in [6.07, 6.45) is 3.54. The molecule has 0 amide bonds. The van der Waals surface area contributed by atoms with Gasteiger partial charge in [0, 0.05) is 6.42 Å². The van der Waals surface area contributed by atoms with Crippen LogP contribution in [0.5, 0.6) is 5.75 Å². The zero-order chi connectivity index (χ0) is 20.9. The summed E-state index contributed by atoms with van der Waals surface area (Å²) in [5.41, 5.74) is 2.45. The van der Waals surface area contributed by atoms with Crippen molar-refractivity contribution in [3.05, 3.63) is 71.5 Å². The number of ether oxygens (including phenoxy) is 1. The van der Waals surface area contributed by atoms with Crippen LogP contribution in [0.15, 0.2) is 59.8 Å². The lowest BCUT2D eigenvalue weighted by molar-refractivity contribution is -0.116. The van der Waals surface area contributed by atoms with E-state index in [-0.39, 0.29) is 11.3 Å². The maximum Gasteiger partial charge on any atom is 0.192 e. The summed E-state index contributed by atoms with van der Waals surface area (Å²) < 4.78 is 8.14. The largest absolute Gasteiger partial charge is 0.486 e. The third kappa shape index (κ3) is 4.59. The summed E-state index contributed by atoms with van der Waals surface area (Å²) in [7, 11) is 0. The Kier molecular flexibility index (Phi) is 6.53. The van der Waals surface area contributed by atoms with Gasteiger partial charge < -0.3 is 4.74 Å². The van der Waals surface area contributed by atoms with E-state index >= 15 is 0 Å². The molecule has 156 valence electrons. The van der Waals surface area contributed by atoms with Crippen molar-refractivity contribution in [2.24, 2.45) is 0 Å². The van der Waals surface area contributed by atoms with Crippen molar-refractivity contribution in [3.8, 4) is 5.75 Å². The summed E-state index contributed by atoms with van der Waals surface area (Å²) in [5.74, 6) is 1.89. The minimum Gasteiger partial charge on any atom is -0.486 e. The fourth-order valence-corrected chi connectivity index (χ4v) is 5.01. The van der Waals surface area contributed by atoms with Crippen molar-refractivity contribution in [2.45, 2.75) is 62.6 Å². The molecule has 30 heavy (non-hydrogen) atoms. The van der Waals surface area contributed by atoms with Crippen molar-refractivity contribution < 1.29 is 9.53 Å². The Morgan fingerprint density at radius 3 is 2.57 bits per heavy atom. The monoisotopic (exact) mass is 421 g/mol. The molecule has 0 radical (unpaired) electrons. The van der Waals surface area contributed by atoms with Gasteiger partial charge in [-0.25, -0.2) is 0 Å². The van der Waals surface area contributed by atoms with Crippen LogP contribution in [0.2, 0.25) is 0 Å². The molecule has 0 spiro atoms. The Bertz CT molecular complexity index is 985. The lowest BCUT2D eigenvalue weighted by Crippen LogP contribution is -2.16. The van der Waals surface area contributed by atoms with E-state index in [4.69, 9.17) is 4.74 Å². The van der Waals surface area contributed by atoms with Crippen molar-refractivity contribution in [3.63, 3.8) is 0 Å². The quantitative estimate of drug-likeness (QED) is 0.498. The Hall–Kier alpha value is -2.60. The summed E-state index contributed by atoms with van der Waals surface area (Å²) >= 11 is 1.54. The number of rotatable bonds is 8. The van der Waals surface area contributed by atoms with Crippen LogP contribution >= 0.6 is 11.8 Å². The van der Waals surface area contributed by atoms with E-state index in [1.165, 1.54) is 11.1 Å². The van der Waals surface area contributed by atoms with Crippen LogP contribution in [0.4, 0.5) is 0 Å². The summed E-state index contributed by atoms with van der Waals surface area (Å²) in [5, 5.41) is 9.64. The first kappa shape index (κ1) is 20.7. The second-order valence-electron chi connectivity index (χ2n) is 7.61. The second kappa shape index (κ2) is 9.47. The molecule has 0 N–H and O–H groups in total. The van der Waals surface area contributed by atoms with Gasteiger partial charge in [0.2, 0.25) is 0 Å². The molecule has 3 aromatic rings. The maximum atomic E-state index is 12.2. The van der Waals surface area contributed by atoms with E-state index in [2.05, 4.69) is 52.9 Å². The Morgan fingerprint density at radius 2 is 1.90 bits per heavy atom. The fraction of sp³-hybridized carbons (Fsp3) is 0.375. The Labute approximate surface area is 181 Å². The van der Waals surface area contributed by atoms with Crippen LogP contribution in [0, 0.1) is 0 Å². The SMILES string of the molecule is CCc1ccc(OCc2nnc(S[C@@H]3CCCC3=O)n2[C@H](C)c2ccccc2)cc1. The van der Waals surface area contributed by atoms with Gasteiger partial charge in [0.1, 0.15) is 18.1 Å². The van der Waals surface area contributed by atoms with Crippen LogP contribution in [0.25, 0.3) is 0 Å². The highest BCUT2D eigenvalue weighted by Gasteiger charge is 2.29. The normalized spacial score (nSPS) is 17.3. The number of hydrogen-bond acceptors (Lipinski definition) is 5. The van der Waals surface area contributed by atoms with E-state index in [0.717, 1.165) is 36.0 Å². The third-order valence-electron chi connectivity index (χ3n) is 5.60. The standard InChI is InChI=1S/C24H27N3O2S/c1-3-18-12-14-20(15-13-18)29-16-23-25-26-24(30-22-11-7-10-21(22)28)27(23)17(2)19-8-5-4-6-9-19/h4-6,8-9,12-15,17,22H,3,7,10-11,16H2,1-2H3/t17-,22-/m1/s1. The smallest absolute Gasteiger partial charge is 0.192 e. The van der Waals surface area contributed by atoms with Crippen LogP contribution in [-0.4, -0.2) is 25.8 Å². The highest BCUT2D eigenvalue weighted by molar-refractivity contribution is 8.00. The molecule has 1 aliphatic rings. The number of aromatic nitrogens is 3. The number of hydrogen-bond donors (Lipinski definition) is 0. The molecule has 0 bridgehead atoms. The average Bonchev–Trinajstić information content (AvgIpc) is 3.38. The van der Waals surface area contributed by atoms with Gasteiger partial charge in [0.25, 0.3) is 0 Å². The molecule has 6 heteroatoms. The van der Waals surface area contributed by atoms with Gasteiger partial charge in [-0.1, -0.05) is 61.2 Å². The van der Waals surface area contributed by atoms with E-state index in [1.807, 2.05) is 30.3 Å². The lowest BCUT2D eigenvalue weighted by Gasteiger charge is -2.19. The number of carbonyl (C=O) groups excluding carboxylic acids is 1. The highest BCUT2D eigenvalue weighted by Crippen LogP contribution is 2.34. The fourth-order valence-electron chi connectivity index (χ4n) is 3.76. The summed E-state index contributed by atoms with van der Waals surface area (Å²) in [6, 6.07) is 18.5. The Morgan fingerprint density at radius 1 is 1.13 bits per heavy atom. The van der Waals surface area contributed by atoms with Crippen LogP contribution in [-0.2, 0) is 17.8 Å². The molecule has 1 aromatic heterocycles. The molecular weight excluding hydrogens is 394 g/mol. The van der Waals surface area contributed by atoms with Gasteiger partial charge in [-0.2, -0.15) is 0 Å². The zero-order valence-corrected chi connectivity index (χ0v) is 18.3. The maximum absolute atomic E-state index is 12.2. The van der Waals surface area contributed by atoms with Gasteiger partial charge in [0.15, 0.2) is 11.0 Å². The van der Waals surface area contributed by atoms with Gasteiger partial charge in [-0.15, -0.1) is 10.2 Å². The minimum absolute atomic E-state index is 0.0220. The number of aryl methyl sites for hydroxylation is 1. The van der Waals surface area contributed by atoms with Crippen molar-refractivity contribution in [2.75, 3.05) is 0 Å². The number of nitrogens with zero attached hydrogens (tertiary/aromatic N) is 3. The van der Waals surface area contributed by atoms with Gasteiger partial charge >= 0.3 is 0 Å². The number of Topliss-reactive ketones (excluding diaryl/α,β-unsaturated/α-hetero) is 1. The predicted octanol–water partition coefficient (Wildman–Crippen LogP) is 5.24. The molecular formula is C24H27N3O2S. The van der Waals surface area contributed by atoms with E-state index in [1.54, 1.807) is 11.8 Å². The topological polar surface area (TPSA) is 57.0 Å². The van der Waals surface area contributed by atoms with Crippen LogP contribution in [0.3, 0.4) is 0 Å². The highest BCUT2D eigenvalue weighted by atomic mass is 32.2. The van der Waals surface area contributed by atoms with Crippen molar-refractivity contribution in [1.29, 1.82) is 0 Å². The first-order valence-corrected chi connectivity index (χ1v) is 11.4. The average molecular weight is 422 g/mol. The molecule has 1 aliphatic carbocycles. The van der Waals surface area contributed by atoms with Crippen molar-refractivity contribution in [1.82, 2.24) is 14.8 Å². The molecule has 0 saturated heterocycles. The van der Waals surface area contributed by atoms with E-state index in [9.17, 15) is 4.79 Å². The minimum atomic E-state index is -0.0220. The third-order valence-corrected chi connectivity index (χ3v) is 6.87. The summed E-state index contributed by atoms with van der Waals surface area (Å²) in [4.78, 5) is 12.2. The van der Waals surface area contributed by atoms with Gasteiger partial charge in [0.05, 0.1) is 11.3 Å². The molecule has 1 fully saturated rings. The molecule has 4 rings (SSSR count). The lowest BCUT2D eigenvalue weighted by atomic mass is 10.1. The van der Waals surface area contributed by atoms with E-state index in [0.29, 0.717) is 18.8 Å². The number of thioether (sulfide) groups is 1. The van der Waals surface area contributed by atoms with Crippen LogP contribution < -0.4 is 4.74 Å². The molecule has 2 atom stereocenters. The summed E-state index contributed by atoms with van der Waals surface area (Å²) in [6.45, 7) is 4.60. The Balaban J connectivity index is 1.59. The number of benzene rings is 2. The van der Waals surface area contributed by atoms with Gasteiger partial charge in [-0.05, 0) is 49.4 Å². The molecule has 0 aliphatic heterocycles. The molecule has 5 nitrogen and oxygen atoms in total. The number of ketones is 1. The molecule has 1 heterocycles. The zero-order valence-electron chi connectivity index (χ0n) is 17.5. The van der Waals surface area contributed by atoms with Crippen molar-refractivity contribution >= 4 is 17.5 Å². The van der Waals surface area contributed by atoms with E-state index < -0.39 is 0 Å².